The number of imide groups is 1. The molecule has 1 heterocycles. The Hall–Kier alpha value is -2.08. The Kier molecular flexibility index (Phi) is 3.20. The van der Waals surface area contributed by atoms with Crippen LogP contribution < -0.4 is 5.32 Å². The molecule has 7 heteroatoms. The van der Waals surface area contributed by atoms with Crippen LogP contribution in [0.25, 0.3) is 0 Å². The summed E-state index contributed by atoms with van der Waals surface area (Å²) in [5, 5.41) is 11.4. The molecule has 2 rings (SSSR count). The number of nitrogens with zero attached hydrogens (tertiary/aromatic N) is 1. The summed E-state index contributed by atoms with van der Waals surface area (Å²) in [6, 6.07) is 4.92. The topological polar surface area (TPSA) is 86.7 Å². The number of carbonyl (C=O) groups is 3. The average Bonchev–Trinajstić information content (AvgIpc) is 2.57. The van der Waals surface area contributed by atoms with E-state index in [2.05, 4.69) is 5.32 Å². The Bertz CT molecular complexity index is 532. The maximum Gasteiger partial charge on any atom is 0.325 e. The van der Waals surface area contributed by atoms with Gasteiger partial charge in [0.1, 0.15) is 12.6 Å². The first-order chi connectivity index (χ1) is 8.50. The number of urea groups is 1. The Balaban J connectivity index is 2.28. The summed E-state index contributed by atoms with van der Waals surface area (Å²) in [6.07, 6.45) is 0. The zero-order valence-corrected chi connectivity index (χ0v) is 9.85. The maximum atomic E-state index is 11.9. The second-order valence-corrected chi connectivity index (χ2v) is 4.13. The molecule has 1 fully saturated rings. The van der Waals surface area contributed by atoms with Crippen molar-refractivity contribution in [3.8, 4) is 0 Å². The molecule has 1 atom stereocenters. The normalized spacial score (nSPS) is 18.9. The first kappa shape index (κ1) is 12.4. The number of carboxylic acids is 1. The molecule has 1 aromatic rings. The van der Waals surface area contributed by atoms with Crippen LogP contribution in [0.2, 0.25) is 5.02 Å². The van der Waals surface area contributed by atoms with Crippen molar-refractivity contribution in [2.24, 2.45) is 0 Å². The van der Waals surface area contributed by atoms with E-state index >= 15 is 0 Å². The molecule has 0 aromatic heterocycles. The minimum Gasteiger partial charge on any atom is -0.480 e. The quantitative estimate of drug-likeness (QED) is 0.801. The molecule has 0 aliphatic carbocycles. The zero-order chi connectivity index (χ0) is 13.3. The zero-order valence-electron chi connectivity index (χ0n) is 9.09. The highest BCUT2D eigenvalue weighted by Crippen LogP contribution is 2.27. The number of nitrogens with one attached hydrogen (secondary N) is 1. The van der Waals surface area contributed by atoms with Gasteiger partial charge in [0.25, 0.3) is 5.91 Å². The molecule has 0 spiro atoms. The lowest BCUT2D eigenvalue weighted by atomic mass is 10.1. The number of carbonyl (C=O) groups excluding carboxylic acids is 2. The summed E-state index contributed by atoms with van der Waals surface area (Å²) < 4.78 is 0. The van der Waals surface area contributed by atoms with E-state index in [1.807, 2.05) is 0 Å². The van der Waals surface area contributed by atoms with Gasteiger partial charge in [-0.05, 0) is 6.07 Å². The van der Waals surface area contributed by atoms with Gasteiger partial charge in [0, 0.05) is 10.6 Å². The van der Waals surface area contributed by atoms with Gasteiger partial charge in [0.2, 0.25) is 0 Å². The van der Waals surface area contributed by atoms with E-state index in [-0.39, 0.29) is 0 Å². The Labute approximate surface area is 107 Å². The fourth-order valence-electron chi connectivity index (χ4n) is 1.72. The highest BCUT2D eigenvalue weighted by molar-refractivity contribution is 6.31. The minimum atomic E-state index is -1.25. The molecule has 18 heavy (non-hydrogen) atoms. The van der Waals surface area contributed by atoms with Crippen molar-refractivity contribution in [3.63, 3.8) is 0 Å². The van der Waals surface area contributed by atoms with Crippen molar-refractivity contribution in [3.05, 3.63) is 34.9 Å². The molecule has 3 amide bonds. The summed E-state index contributed by atoms with van der Waals surface area (Å²) in [7, 11) is 0. The highest BCUT2D eigenvalue weighted by Gasteiger charge is 2.40. The van der Waals surface area contributed by atoms with E-state index < -0.39 is 30.5 Å². The Morgan fingerprint density at radius 2 is 2.06 bits per heavy atom. The first-order valence-electron chi connectivity index (χ1n) is 5.09. The molecule has 2 N–H and O–H groups in total. The number of amides is 3. The number of halogens is 1. The third kappa shape index (κ3) is 2.14. The van der Waals surface area contributed by atoms with Gasteiger partial charge >= 0.3 is 12.0 Å². The number of benzene rings is 1. The monoisotopic (exact) mass is 268 g/mol. The van der Waals surface area contributed by atoms with Gasteiger partial charge < -0.3 is 10.4 Å². The fourth-order valence-corrected chi connectivity index (χ4v) is 1.97. The molecule has 0 bridgehead atoms. The molecular formula is C11H9ClN2O4. The van der Waals surface area contributed by atoms with Crippen molar-refractivity contribution < 1.29 is 19.5 Å². The lowest BCUT2D eigenvalue weighted by Crippen LogP contribution is -2.35. The Morgan fingerprint density at radius 1 is 1.39 bits per heavy atom. The molecule has 1 aliphatic heterocycles. The predicted octanol–water partition coefficient (Wildman–Crippen LogP) is 1.02. The standard InChI is InChI=1S/C11H9ClN2O4/c12-7-4-2-1-3-6(7)9-10(17)14(5-8(15)16)11(18)13-9/h1-4,9H,5H2,(H,13,18)(H,15,16). The molecule has 1 aliphatic rings. The highest BCUT2D eigenvalue weighted by atomic mass is 35.5. The van der Waals surface area contributed by atoms with E-state index in [0.717, 1.165) is 0 Å². The molecular weight excluding hydrogens is 260 g/mol. The van der Waals surface area contributed by atoms with Crippen molar-refractivity contribution in [1.29, 1.82) is 0 Å². The summed E-state index contributed by atoms with van der Waals surface area (Å²) in [6.45, 7) is -0.661. The van der Waals surface area contributed by atoms with Gasteiger partial charge in [-0.2, -0.15) is 0 Å². The van der Waals surface area contributed by atoms with Gasteiger partial charge in [-0.3, -0.25) is 14.5 Å². The number of rotatable bonds is 3. The largest absolute Gasteiger partial charge is 0.480 e. The lowest BCUT2D eigenvalue weighted by molar-refractivity contribution is -0.141. The number of carboxylic acid groups (broad SMARTS) is 1. The van der Waals surface area contributed by atoms with Crippen LogP contribution in [0.15, 0.2) is 24.3 Å². The molecule has 94 valence electrons. The van der Waals surface area contributed by atoms with Crippen molar-refractivity contribution >= 4 is 29.5 Å². The van der Waals surface area contributed by atoms with Crippen molar-refractivity contribution in [2.45, 2.75) is 6.04 Å². The fraction of sp³-hybridized carbons (Fsp3) is 0.182. The number of hydrogen-bond donors (Lipinski definition) is 2. The SMILES string of the molecule is O=C(O)CN1C(=O)NC(c2ccccc2Cl)C1=O. The second kappa shape index (κ2) is 4.66. The summed E-state index contributed by atoms with van der Waals surface area (Å²) in [5.41, 5.74) is 0.449. The minimum absolute atomic E-state index is 0.341. The summed E-state index contributed by atoms with van der Waals surface area (Å²) in [4.78, 5) is 34.6. The summed E-state index contributed by atoms with van der Waals surface area (Å²) >= 11 is 5.93. The van der Waals surface area contributed by atoms with Gasteiger partial charge in [-0.25, -0.2) is 4.79 Å². The predicted molar refractivity (Wildman–Crippen MR) is 62.1 cm³/mol. The van der Waals surface area contributed by atoms with Crippen LogP contribution in [0.1, 0.15) is 11.6 Å². The van der Waals surface area contributed by atoms with Crippen LogP contribution in [0.4, 0.5) is 4.79 Å². The molecule has 1 aromatic carbocycles. The molecule has 1 unspecified atom stereocenters. The smallest absolute Gasteiger partial charge is 0.325 e. The third-order valence-corrected chi connectivity index (χ3v) is 2.88. The molecule has 0 saturated carbocycles. The number of hydrogen-bond acceptors (Lipinski definition) is 3. The van der Waals surface area contributed by atoms with E-state index in [4.69, 9.17) is 16.7 Å². The third-order valence-electron chi connectivity index (χ3n) is 2.54. The van der Waals surface area contributed by atoms with Crippen LogP contribution in [-0.2, 0) is 9.59 Å². The Morgan fingerprint density at radius 3 is 2.67 bits per heavy atom. The molecule has 0 radical (unpaired) electrons. The first-order valence-corrected chi connectivity index (χ1v) is 5.46. The van der Waals surface area contributed by atoms with Gasteiger partial charge in [0.15, 0.2) is 0 Å². The second-order valence-electron chi connectivity index (χ2n) is 3.72. The van der Waals surface area contributed by atoms with Crippen LogP contribution in [0.5, 0.6) is 0 Å². The van der Waals surface area contributed by atoms with Crippen LogP contribution in [-0.4, -0.2) is 34.5 Å². The molecule has 6 nitrogen and oxygen atoms in total. The number of aliphatic carboxylic acids is 1. The van der Waals surface area contributed by atoms with E-state index in [9.17, 15) is 14.4 Å². The van der Waals surface area contributed by atoms with Gasteiger partial charge in [-0.1, -0.05) is 29.8 Å². The maximum absolute atomic E-state index is 11.9. The average molecular weight is 269 g/mol. The van der Waals surface area contributed by atoms with Crippen molar-refractivity contribution in [1.82, 2.24) is 10.2 Å². The van der Waals surface area contributed by atoms with E-state index in [1.165, 1.54) is 0 Å². The van der Waals surface area contributed by atoms with Crippen molar-refractivity contribution in [2.75, 3.05) is 6.54 Å². The lowest BCUT2D eigenvalue weighted by Gasteiger charge is -2.11. The van der Waals surface area contributed by atoms with E-state index in [0.29, 0.717) is 15.5 Å². The van der Waals surface area contributed by atoms with Crippen LogP contribution in [0, 0.1) is 0 Å². The van der Waals surface area contributed by atoms with Crippen LogP contribution in [0.3, 0.4) is 0 Å². The molecule has 1 saturated heterocycles. The summed E-state index contributed by atoms with van der Waals surface area (Å²) in [5.74, 6) is -1.87. The van der Waals surface area contributed by atoms with E-state index in [1.54, 1.807) is 24.3 Å². The van der Waals surface area contributed by atoms with Crippen LogP contribution >= 0.6 is 11.6 Å². The van der Waals surface area contributed by atoms with Gasteiger partial charge in [-0.15, -0.1) is 0 Å². The van der Waals surface area contributed by atoms with Gasteiger partial charge in [0.05, 0.1) is 0 Å².